The summed E-state index contributed by atoms with van der Waals surface area (Å²) in [6, 6.07) is 9.89. The van der Waals surface area contributed by atoms with Crippen LogP contribution in [-0.2, 0) is 9.59 Å². The van der Waals surface area contributed by atoms with Gasteiger partial charge in [0.2, 0.25) is 11.8 Å². The first kappa shape index (κ1) is 17.9. The molecule has 0 spiro atoms. The molecular weight excluding hydrogens is 328 g/mol. The Morgan fingerprint density at radius 2 is 1.85 bits per heavy atom. The normalized spacial score (nSPS) is 13.8. The number of nitrogens with one attached hydrogen (secondary N) is 2. The van der Waals surface area contributed by atoms with Gasteiger partial charge >= 0.3 is 0 Å². The number of hydrogen-bond acceptors (Lipinski definition) is 3. The Morgan fingerprint density at radius 1 is 1.15 bits per heavy atom. The van der Waals surface area contributed by atoms with E-state index in [1.807, 2.05) is 48.9 Å². The zero-order valence-electron chi connectivity index (χ0n) is 15.2. The van der Waals surface area contributed by atoms with Crippen molar-refractivity contribution in [3.8, 4) is 5.69 Å². The van der Waals surface area contributed by atoms with Crippen LogP contribution in [0.5, 0.6) is 0 Å². The van der Waals surface area contributed by atoms with Crippen molar-refractivity contribution >= 4 is 17.9 Å². The molecule has 2 amide bonds. The average molecular weight is 352 g/mol. The van der Waals surface area contributed by atoms with Gasteiger partial charge in [-0.25, -0.2) is 4.68 Å². The van der Waals surface area contributed by atoms with Crippen LogP contribution in [0.1, 0.15) is 29.8 Å². The van der Waals surface area contributed by atoms with Crippen LogP contribution < -0.4 is 10.6 Å². The third kappa shape index (κ3) is 4.39. The van der Waals surface area contributed by atoms with Gasteiger partial charge in [0.05, 0.1) is 11.4 Å². The lowest BCUT2D eigenvalue weighted by atomic mass is 10.2. The second kappa shape index (κ2) is 7.99. The van der Waals surface area contributed by atoms with Crippen LogP contribution in [0.25, 0.3) is 11.8 Å². The standard InChI is InChI=1S/C20H24N4O2/c1-14-18(15(2)24(23-14)17-6-4-3-5-7-17)10-11-19(25)21-12-13-22-20(26)16-8-9-16/h3-7,10-11,16H,8-9,12-13H2,1-2H3,(H,21,25)(H,22,26). The smallest absolute Gasteiger partial charge is 0.244 e. The van der Waals surface area contributed by atoms with Gasteiger partial charge in [-0.05, 0) is 44.9 Å². The lowest BCUT2D eigenvalue weighted by molar-refractivity contribution is -0.122. The molecule has 1 aliphatic carbocycles. The molecule has 1 saturated carbocycles. The van der Waals surface area contributed by atoms with Crippen molar-refractivity contribution in [3.63, 3.8) is 0 Å². The lowest BCUT2D eigenvalue weighted by Gasteiger charge is -2.05. The van der Waals surface area contributed by atoms with E-state index >= 15 is 0 Å². The molecular formula is C20H24N4O2. The van der Waals surface area contributed by atoms with Crippen LogP contribution in [0.2, 0.25) is 0 Å². The van der Waals surface area contributed by atoms with Crippen molar-refractivity contribution in [1.29, 1.82) is 0 Å². The summed E-state index contributed by atoms with van der Waals surface area (Å²) in [5, 5.41) is 10.2. The number of hydrogen-bond donors (Lipinski definition) is 2. The van der Waals surface area contributed by atoms with E-state index in [0.717, 1.165) is 35.5 Å². The molecule has 1 aromatic carbocycles. The first-order valence-electron chi connectivity index (χ1n) is 8.91. The Bertz CT molecular complexity index is 820. The predicted octanol–water partition coefficient (Wildman–Crippen LogP) is 2.14. The largest absolute Gasteiger partial charge is 0.354 e. The number of aromatic nitrogens is 2. The Hall–Kier alpha value is -2.89. The fourth-order valence-electron chi connectivity index (χ4n) is 2.80. The number of benzene rings is 1. The molecule has 136 valence electrons. The quantitative estimate of drug-likeness (QED) is 0.592. The van der Waals surface area contributed by atoms with Gasteiger partial charge in [-0.15, -0.1) is 0 Å². The van der Waals surface area contributed by atoms with Crippen molar-refractivity contribution in [2.45, 2.75) is 26.7 Å². The van der Waals surface area contributed by atoms with Crippen LogP contribution in [0.3, 0.4) is 0 Å². The highest BCUT2D eigenvalue weighted by Crippen LogP contribution is 2.28. The van der Waals surface area contributed by atoms with Crippen LogP contribution in [-0.4, -0.2) is 34.7 Å². The van der Waals surface area contributed by atoms with E-state index in [2.05, 4.69) is 15.7 Å². The zero-order chi connectivity index (χ0) is 18.5. The number of nitrogens with zero attached hydrogens (tertiary/aromatic N) is 2. The highest BCUT2D eigenvalue weighted by molar-refractivity contribution is 5.92. The summed E-state index contributed by atoms with van der Waals surface area (Å²) in [6.07, 6.45) is 5.26. The van der Waals surface area contributed by atoms with Gasteiger partial charge in [0.25, 0.3) is 0 Å². The molecule has 2 aromatic rings. The molecule has 1 fully saturated rings. The van der Waals surface area contributed by atoms with Crippen LogP contribution in [0.15, 0.2) is 36.4 Å². The monoisotopic (exact) mass is 352 g/mol. The van der Waals surface area contributed by atoms with E-state index in [1.165, 1.54) is 6.08 Å². The van der Waals surface area contributed by atoms with Gasteiger partial charge < -0.3 is 10.6 Å². The van der Waals surface area contributed by atoms with Crippen molar-refractivity contribution in [3.05, 3.63) is 53.4 Å². The van der Waals surface area contributed by atoms with Crippen molar-refractivity contribution in [1.82, 2.24) is 20.4 Å². The summed E-state index contributed by atoms with van der Waals surface area (Å²) in [5.41, 5.74) is 3.77. The Morgan fingerprint density at radius 3 is 2.54 bits per heavy atom. The van der Waals surface area contributed by atoms with Gasteiger partial charge in [-0.2, -0.15) is 5.10 Å². The second-order valence-electron chi connectivity index (χ2n) is 6.52. The number of amides is 2. The van der Waals surface area contributed by atoms with E-state index in [1.54, 1.807) is 6.08 Å². The number of carbonyl (C=O) groups is 2. The highest BCUT2D eigenvalue weighted by atomic mass is 16.2. The minimum absolute atomic E-state index is 0.0920. The minimum Gasteiger partial charge on any atom is -0.354 e. The molecule has 26 heavy (non-hydrogen) atoms. The molecule has 0 saturated heterocycles. The van der Waals surface area contributed by atoms with E-state index < -0.39 is 0 Å². The maximum atomic E-state index is 12.0. The molecule has 1 aromatic heterocycles. The molecule has 6 heteroatoms. The maximum absolute atomic E-state index is 12.0. The van der Waals surface area contributed by atoms with Crippen LogP contribution in [0.4, 0.5) is 0 Å². The van der Waals surface area contributed by atoms with Crippen LogP contribution >= 0.6 is 0 Å². The summed E-state index contributed by atoms with van der Waals surface area (Å²) in [7, 11) is 0. The molecule has 0 aliphatic heterocycles. The highest BCUT2D eigenvalue weighted by Gasteiger charge is 2.28. The SMILES string of the molecule is Cc1nn(-c2ccccc2)c(C)c1C=CC(=O)NCCNC(=O)C1CC1. The van der Waals surface area contributed by atoms with E-state index in [-0.39, 0.29) is 17.7 Å². The van der Waals surface area contributed by atoms with Crippen molar-refractivity contribution in [2.75, 3.05) is 13.1 Å². The van der Waals surface area contributed by atoms with E-state index in [9.17, 15) is 9.59 Å². The first-order chi connectivity index (χ1) is 12.6. The average Bonchev–Trinajstić information content (AvgIpc) is 3.45. The summed E-state index contributed by atoms with van der Waals surface area (Å²) in [5.74, 6) is 0.101. The van der Waals surface area contributed by atoms with Crippen LogP contribution in [0, 0.1) is 19.8 Å². The Kier molecular flexibility index (Phi) is 5.51. The fraction of sp³-hybridized carbons (Fsp3) is 0.350. The zero-order valence-corrected chi connectivity index (χ0v) is 15.2. The van der Waals surface area contributed by atoms with Crippen molar-refractivity contribution in [2.24, 2.45) is 5.92 Å². The van der Waals surface area contributed by atoms with Gasteiger partial charge in [0, 0.05) is 36.3 Å². The maximum Gasteiger partial charge on any atom is 0.244 e. The molecule has 0 radical (unpaired) electrons. The lowest BCUT2D eigenvalue weighted by Crippen LogP contribution is -2.34. The third-order valence-corrected chi connectivity index (χ3v) is 4.42. The summed E-state index contributed by atoms with van der Waals surface area (Å²) < 4.78 is 1.88. The second-order valence-corrected chi connectivity index (χ2v) is 6.52. The number of carbonyl (C=O) groups excluding carboxylic acids is 2. The van der Waals surface area contributed by atoms with E-state index in [4.69, 9.17) is 0 Å². The van der Waals surface area contributed by atoms with Crippen molar-refractivity contribution < 1.29 is 9.59 Å². The first-order valence-corrected chi connectivity index (χ1v) is 8.91. The predicted molar refractivity (Wildman–Crippen MR) is 101 cm³/mol. The summed E-state index contributed by atoms with van der Waals surface area (Å²) in [4.78, 5) is 23.5. The van der Waals surface area contributed by atoms with Gasteiger partial charge in [0.1, 0.15) is 0 Å². The number of aryl methyl sites for hydroxylation is 1. The fourth-order valence-corrected chi connectivity index (χ4v) is 2.80. The topological polar surface area (TPSA) is 76.0 Å². The number of rotatable bonds is 7. The molecule has 0 bridgehead atoms. The van der Waals surface area contributed by atoms with E-state index in [0.29, 0.717) is 13.1 Å². The Balaban J connectivity index is 1.55. The molecule has 2 N–H and O–H groups in total. The van der Waals surface area contributed by atoms with Gasteiger partial charge in [0.15, 0.2) is 0 Å². The summed E-state index contributed by atoms with van der Waals surface area (Å²) >= 11 is 0. The molecule has 0 atom stereocenters. The minimum atomic E-state index is -0.183. The van der Waals surface area contributed by atoms with Gasteiger partial charge in [-0.1, -0.05) is 18.2 Å². The summed E-state index contributed by atoms with van der Waals surface area (Å²) in [6.45, 7) is 4.79. The molecule has 6 nitrogen and oxygen atoms in total. The Labute approximate surface area is 153 Å². The molecule has 1 aliphatic rings. The molecule has 3 rings (SSSR count). The third-order valence-electron chi connectivity index (χ3n) is 4.42. The molecule has 0 unspecified atom stereocenters. The number of para-hydroxylation sites is 1. The molecule has 1 heterocycles. The van der Waals surface area contributed by atoms with Gasteiger partial charge in [-0.3, -0.25) is 9.59 Å².